The molecule has 1 amide bonds. The van der Waals surface area contributed by atoms with Gasteiger partial charge in [0.1, 0.15) is 11.9 Å². The molecule has 1 heterocycles. The molecule has 0 aromatic heterocycles. The third-order valence-electron chi connectivity index (χ3n) is 2.76. The first kappa shape index (κ1) is 12.4. The molecule has 1 unspecified atom stereocenters. The molecular weight excluding hydrogens is 284 g/mol. The zero-order valence-electron chi connectivity index (χ0n) is 9.41. The average molecular weight is 299 g/mol. The minimum atomic E-state index is -0.434. The molecule has 5 heteroatoms. The van der Waals surface area contributed by atoms with Crippen LogP contribution in [0.15, 0.2) is 22.7 Å². The number of nitrogens with one attached hydrogen (secondary N) is 1. The summed E-state index contributed by atoms with van der Waals surface area (Å²) in [4.78, 5) is 11.0. The monoisotopic (exact) mass is 298 g/mol. The first-order valence-electron chi connectivity index (χ1n) is 5.63. The maximum absolute atomic E-state index is 11.0. The van der Waals surface area contributed by atoms with Crippen LogP contribution < -0.4 is 15.8 Å². The van der Waals surface area contributed by atoms with Crippen molar-refractivity contribution in [1.82, 2.24) is 5.32 Å². The van der Waals surface area contributed by atoms with E-state index in [0.717, 1.165) is 36.2 Å². The number of carbonyl (C=O) groups is 1. The van der Waals surface area contributed by atoms with Gasteiger partial charge in [-0.3, -0.25) is 4.79 Å². The predicted octanol–water partition coefficient (Wildman–Crippen LogP) is 1.68. The van der Waals surface area contributed by atoms with Crippen LogP contribution in [0.5, 0.6) is 5.75 Å². The zero-order valence-corrected chi connectivity index (χ0v) is 11.0. The largest absolute Gasteiger partial charge is 0.488 e. The lowest BCUT2D eigenvalue weighted by molar-refractivity contribution is 0.1000. The Morgan fingerprint density at radius 3 is 2.94 bits per heavy atom. The summed E-state index contributed by atoms with van der Waals surface area (Å²) in [5.74, 6) is 0.320. The van der Waals surface area contributed by atoms with E-state index < -0.39 is 5.91 Å². The summed E-state index contributed by atoms with van der Waals surface area (Å²) in [6, 6.07) is 5.14. The van der Waals surface area contributed by atoms with Gasteiger partial charge in [0.2, 0.25) is 5.91 Å². The lowest BCUT2D eigenvalue weighted by Gasteiger charge is -2.24. The van der Waals surface area contributed by atoms with E-state index in [0.29, 0.717) is 5.56 Å². The first-order chi connectivity index (χ1) is 8.16. The molecule has 1 fully saturated rings. The molecule has 1 saturated heterocycles. The first-order valence-corrected chi connectivity index (χ1v) is 6.43. The van der Waals surface area contributed by atoms with Gasteiger partial charge in [-0.25, -0.2) is 0 Å². The summed E-state index contributed by atoms with van der Waals surface area (Å²) >= 11 is 3.39. The molecule has 1 aromatic rings. The van der Waals surface area contributed by atoms with E-state index in [-0.39, 0.29) is 6.10 Å². The second-order valence-electron chi connectivity index (χ2n) is 4.10. The molecule has 4 nitrogen and oxygen atoms in total. The van der Waals surface area contributed by atoms with Gasteiger partial charge in [0.05, 0.1) is 4.47 Å². The summed E-state index contributed by atoms with van der Waals surface area (Å²) < 4.78 is 6.62. The van der Waals surface area contributed by atoms with Crippen molar-refractivity contribution in [2.75, 3.05) is 13.1 Å². The van der Waals surface area contributed by atoms with Crippen LogP contribution in [-0.2, 0) is 0 Å². The molecule has 17 heavy (non-hydrogen) atoms. The molecule has 1 aromatic carbocycles. The molecule has 0 spiro atoms. The predicted molar refractivity (Wildman–Crippen MR) is 69.2 cm³/mol. The Balaban J connectivity index is 2.08. The number of benzene rings is 1. The van der Waals surface area contributed by atoms with E-state index in [1.807, 2.05) is 0 Å². The van der Waals surface area contributed by atoms with Crippen LogP contribution in [0.3, 0.4) is 0 Å². The van der Waals surface area contributed by atoms with Gasteiger partial charge >= 0.3 is 0 Å². The van der Waals surface area contributed by atoms with Gasteiger partial charge in [-0.15, -0.1) is 0 Å². The van der Waals surface area contributed by atoms with Crippen LogP contribution in [0.4, 0.5) is 0 Å². The number of nitrogens with two attached hydrogens (primary N) is 1. The van der Waals surface area contributed by atoms with Crippen LogP contribution in [-0.4, -0.2) is 25.1 Å². The fourth-order valence-electron chi connectivity index (χ4n) is 1.85. The Hall–Kier alpha value is -1.07. The summed E-state index contributed by atoms with van der Waals surface area (Å²) in [7, 11) is 0. The Kier molecular flexibility index (Phi) is 4.02. The van der Waals surface area contributed by atoms with Gasteiger partial charge in [-0.05, 0) is 53.5 Å². The Labute approximate surface area is 109 Å². The van der Waals surface area contributed by atoms with Crippen molar-refractivity contribution < 1.29 is 9.53 Å². The van der Waals surface area contributed by atoms with Gasteiger partial charge in [0.25, 0.3) is 0 Å². The number of rotatable bonds is 3. The van der Waals surface area contributed by atoms with E-state index in [4.69, 9.17) is 10.5 Å². The van der Waals surface area contributed by atoms with E-state index in [1.54, 1.807) is 18.2 Å². The summed E-state index contributed by atoms with van der Waals surface area (Å²) in [5, 5.41) is 3.29. The Morgan fingerprint density at radius 2 is 2.35 bits per heavy atom. The highest BCUT2D eigenvalue weighted by Crippen LogP contribution is 2.27. The van der Waals surface area contributed by atoms with Crippen LogP contribution in [0, 0.1) is 0 Å². The number of hydrogen-bond acceptors (Lipinski definition) is 3. The zero-order chi connectivity index (χ0) is 12.3. The smallest absolute Gasteiger partial charge is 0.248 e. The van der Waals surface area contributed by atoms with Crippen molar-refractivity contribution in [3.05, 3.63) is 28.2 Å². The van der Waals surface area contributed by atoms with Gasteiger partial charge < -0.3 is 15.8 Å². The highest BCUT2D eigenvalue weighted by atomic mass is 79.9. The molecule has 1 aliphatic rings. The summed E-state index contributed by atoms with van der Waals surface area (Å²) in [5.41, 5.74) is 5.68. The van der Waals surface area contributed by atoms with Crippen molar-refractivity contribution in [2.24, 2.45) is 5.73 Å². The third-order valence-corrected chi connectivity index (χ3v) is 3.38. The molecule has 0 bridgehead atoms. The van der Waals surface area contributed by atoms with Crippen molar-refractivity contribution in [1.29, 1.82) is 0 Å². The molecule has 0 saturated carbocycles. The van der Waals surface area contributed by atoms with E-state index in [1.165, 1.54) is 0 Å². The fraction of sp³-hybridized carbons (Fsp3) is 0.417. The number of piperidine rings is 1. The molecule has 92 valence electrons. The van der Waals surface area contributed by atoms with E-state index >= 15 is 0 Å². The quantitative estimate of drug-likeness (QED) is 0.892. The SMILES string of the molecule is NC(=O)c1ccc(OC2CCCNC2)c(Br)c1. The minimum absolute atomic E-state index is 0.194. The van der Waals surface area contributed by atoms with Gasteiger partial charge in [0, 0.05) is 12.1 Å². The normalized spacial score (nSPS) is 19.9. The van der Waals surface area contributed by atoms with Crippen molar-refractivity contribution in [2.45, 2.75) is 18.9 Å². The number of amides is 1. The van der Waals surface area contributed by atoms with Crippen molar-refractivity contribution in [3.8, 4) is 5.75 Å². The van der Waals surface area contributed by atoms with Crippen LogP contribution in [0.1, 0.15) is 23.2 Å². The second-order valence-corrected chi connectivity index (χ2v) is 4.95. The minimum Gasteiger partial charge on any atom is -0.488 e. The third kappa shape index (κ3) is 3.20. The van der Waals surface area contributed by atoms with Crippen LogP contribution in [0.2, 0.25) is 0 Å². The number of ether oxygens (including phenoxy) is 1. The number of hydrogen-bond donors (Lipinski definition) is 2. The van der Waals surface area contributed by atoms with Crippen LogP contribution >= 0.6 is 15.9 Å². The van der Waals surface area contributed by atoms with Gasteiger partial charge in [-0.1, -0.05) is 0 Å². The molecule has 3 N–H and O–H groups in total. The lowest BCUT2D eigenvalue weighted by atomic mass is 10.1. The number of carbonyl (C=O) groups excluding carboxylic acids is 1. The fourth-order valence-corrected chi connectivity index (χ4v) is 2.32. The second kappa shape index (κ2) is 5.51. The molecular formula is C12H15BrN2O2. The van der Waals surface area contributed by atoms with E-state index in [9.17, 15) is 4.79 Å². The summed E-state index contributed by atoms with van der Waals surface area (Å²) in [6.07, 6.45) is 2.37. The molecule has 2 rings (SSSR count). The molecule has 0 radical (unpaired) electrons. The number of primary amides is 1. The number of halogens is 1. The average Bonchev–Trinajstić information content (AvgIpc) is 2.33. The summed E-state index contributed by atoms with van der Waals surface area (Å²) in [6.45, 7) is 1.92. The lowest BCUT2D eigenvalue weighted by Crippen LogP contribution is -2.37. The van der Waals surface area contributed by atoms with Gasteiger partial charge in [0.15, 0.2) is 0 Å². The standard InChI is InChI=1S/C12H15BrN2O2/c13-10-6-8(12(14)16)3-4-11(10)17-9-2-1-5-15-7-9/h3-4,6,9,15H,1-2,5,7H2,(H2,14,16). The van der Waals surface area contributed by atoms with Crippen molar-refractivity contribution >= 4 is 21.8 Å². The maximum Gasteiger partial charge on any atom is 0.248 e. The Morgan fingerprint density at radius 1 is 1.53 bits per heavy atom. The van der Waals surface area contributed by atoms with Crippen molar-refractivity contribution in [3.63, 3.8) is 0 Å². The highest BCUT2D eigenvalue weighted by molar-refractivity contribution is 9.10. The Bertz CT molecular complexity index is 417. The molecule has 0 aliphatic carbocycles. The topological polar surface area (TPSA) is 64.4 Å². The van der Waals surface area contributed by atoms with E-state index in [2.05, 4.69) is 21.2 Å². The molecule has 1 atom stereocenters. The molecule has 1 aliphatic heterocycles. The van der Waals surface area contributed by atoms with Crippen LogP contribution in [0.25, 0.3) is 0 Å². The highest BCUT2D eigenvalue weighted by Gasteiger charge is 2.16. The maximum atomic E-state index is 11.0. The van der Waals surface area contributed by atoms with Gasteiger partial charge in [-0.2, -0.15) is 0 Å².